The normalized spacial score (nSPS) is 18.5. The molecule has 0 spiro atoms. The third-order valence-corrected chi connectivity index (χ3v) is 3.72. The van der Waals surface area contributed by atoms with Gasteiger partial charge in [-0.2, -0.15) is 5.26 Å². The van der Waals surface area contributed by atoms with Crippen molar-refractivity contribution in [1.82, 2.24) is 0 Å². The molecule has 0 aliphatic carbocycles. The summed E-state index contributed by atoms with van der Waals surface area (Å²) in [6, 6.07) is 14.1. The summed E-state index contributed by atoms with van der Waals surface area (Å²) in [4.78, 5) is 0. The molecule has 1 atom stereocenters. The molecule has 1 unspecified atom stereocenters. The Kier molecular flexibility index (Phi) is 3.06. The molecule has 106 valence electrons. The van der Waals surface area contributed by atoms with Crippen molar-refractivity contribution < 1.29 is 9.13 Å². The molecule has 21 heavy (non-hydrogen) atoms. The first-order valence-electron chi connectivity index (χ1n) is 6.76. The van der Waals surface area contributed by atoms with Crippen LogP contribution in [0.2, 0.25) is 0 Å². The topological polar surface area (TPSA) is 45.0 Å². The van der Waals surface area contributed by atoms with Crippen molar-refractivity contribution in [1.29, 1.82) is 5.26 Å². The highest BCUT2D eigenvalue weighted by Gasteiger charge is 2.41. The fourth-order valence-corrected chi connectivity index (χ4v) is 2.69. The summed E-state index contributed by atoms with van der Waals surface area (Å²) in [7, 11) is 0. The maximum Gasteiger partial charge on any atom is 0.143 e. The molecule has 0 radical (unpaired) electrons. The number of benzene rings is 2. The van der Waals surface area contributed by atoms with Crippen molar-refractivity contribution in [2.24, 2.45) is 0 Å². The molecule has 0 aromatic heterocycles. The molecule has 0 fully saturated rings. The van der Waals surface area contributed by atoms with Gasteiger partial charge in [-0.1, -0.05) is 24.3 Å². The number of nitrogens with zero attached hydrogens (tertiary/aromatic N) is 1. The minimum Gasteiger partial charge on any atom is -0.485 e. The highest BCUT2D eigenvalue weighted by molar-refractivity contribution is 5.60. The molecule has 1 N–H and O–H groups in total. The summed E-state index contributed by atoms with van der Waals surface area (Å²) in [6.07, 6.45) is 0. The lowest BCUT2D eigenvalue weighted by molar-refractivity contribution is 0.118. The zero-order chi connectivity index (χ0) is 15.0. The van der Waals surface area contributed by atoms with Gasteiger partial charge in [-0.05, 0) is 32.0 Å². The molecule has 2 aromatic carbocycles. The van der Waals surface area contributed by atoms with E-state index in [9.17, 15) is 4.39 Å². The van der Waals surface area contributed by atoms with Crippen molar-refractivity contribution in [2.45, 2.75) is 25.5 Å². The number of hydrogen-bond acceptors (Lipinski definition) is 3. The Balaban J connectivity index is 2.02. The van der Waals surface area contributed by atoms with E-state index in [4.69, 9.17) is 10.00 Å². The Morgan fingerprint density at radius 2 is 1.95 bits per heavy atom. The molecule has 3 nitrogen and oxygen atoms in total. The van der Waals surface area contributed by atoms with Gasteiger partial charge in [0, 0.05) is 5.56 Å². The van der Waals surface area contributed by atoms with Crippen LogP contribution < -0.4 is 10.1 Å². The molecule has 0 bridgehead atoms. The molecule has 1 heterocycles. The molecule has 1 aliphatic heterocycles. The van der Waals surface area contributed by atoms with Crippen LogP contribution in [0.5, 0.6) is 5.75 Å². The molecule has 3 rings (SSSR count). The molecule has 1 aliphatic rings. The van der Waals surface area contributed by atoms with Crippen molar-refractivity contribution in [3.8, 4) is 11.8 Å². The van der Waals surface area contributed by atoms with E-state index in [0.717, 1.165) is 11.3 Å². The number of anilines is 1. The van der Waals surface area contributed by atoms with E-state index in [0.29, 0.717) is 5.69 Å². The first-order valence-corrected chi connectivity index (χ1v) is 6.76. The van der Waals surface area contributed by atoms with E-state index in [1.54, 1.807) is 12.1 Å². The van der Waals surface area contributed by atoms with Crippen LogP contribution in [0.15, 0.2) is 42.5 Å². The number of nitrogens with one attached hydrogen (secondary N) is 1. The van der Waals surface area contributed by atoms with Gasteiger partial charge < -0.3 is 10.1 Å². The second-order valence-electron chi connectivity index (χ2n) is 5.59. The van der Waals surface area contributed by atoms with E-state index < -0.39 is 11.4 Å². The van der Waals surface area contributed by atoms with Crippen LogP contribution in [-0.2, 0) is 0 Å². The number of hydrogen-bond donors (Lipinski definition) is 1. The first kappa shape index (κ1) is 13.4. The van der Waals surface area contributed by atoms with Crippen LogP contribution in [0.25, 0.3) is 0 Å². The molecular formula is C17H15FN2O. The van der Waals surface area contributed by atoms with Gasteiger partial charge in [-0.3, -0.25) is 0 Å². The Hall–Kier alpha value is -2.54. The van der Waals surface area contributed by atoms with Crippen molar-refractivity contribution in [3.63, 3.8) is 0 Å². The van der Waals surface area contributed by atoms with Crippen LogP contribution in [0.3, 0.4) is 0 Å². The summed E-state index contributed by atoms with van der Waals surface area (Å²) in [5.41, 5.74) is 1.03. The zero-order valence-electron chi connectivity index (χ0n) is 11.9. The number of nitriles is 1. The lowest BCUT2D eigenvalue weighted by atomic mass is 9.94. The maximum absolute atomic E-state index is 13.7. The third-order valence-electron chi connectivity index (χ3n) is 3.72. The Morgan fingerprint density at radius 3 is 2.71 bits per heavy atom. The molecule has 0 saturated heterocycles. The molecule has 0 amide bonds. The van der Waals surface area contributed by atoms with Gasteiger partial charge >= 0.3 is 0 Å². The highest BCUT2D eigenvalue weighted by Crippen LogP contribution is 2.44. The number of fused-ring (bicyclic) bond motifs is 1. The third kappa shape index (κ3) is 2.21. The van der Waals surface area contributed by atoms with E-state index in [2.05, 4.69) is 5.32 Å². The van der Waals surface area contributed by atoms with Gasteiger partial charge in [-0.25, -0.2) is 4.39 Å². The summed E-state index contributed by atoms with van der Waals surface area (Å²) in [5.74, 6) is 0.294. The number of ether oxygens (including phenoxy) is 1. The number of para-hydroxylation sites is 1. The van der Waals surface area contributed by atoms with Gasteiger partial charge in [0.25, 0.3) is 0 Å². The van der Waals surface area contributed by atoms with Crippen molar-refractivity contribution in [2.75, 3.05) is 5.32 Å². The number of rotatable bonds is 2. The average Bonchev–Trinajstić information content (AvgIpc) is 2.70. The van der Waals surface area contributed by atoms with Crippen LogP contribution in [0.1, 0.15) is 31.0 Å². The minimum atomic E-state index is -0.521. The van der Waals surface area contributed by atoms with E-state index >= 15 is 0 Å². The summed E-state index contributed by atoms with van der Waals surface area (Å²) < 4.78 is 19.7. The highest BCUT2D eigenvalue weighted by atomic mass is 19.1. The van der Waals surface area contributed by atoms with Crippen molar-refractivity contribution in [3.05, 3.63) is 59.4 Å². The van der Waals surface area contributed by atoms with Crippen LogP contribution >= 0.6 is 0 Å². The minimum absolute atomic E-state index is 0.0256. The molecule has 4 heteroatoms. The van der Waals surface area contributed by atoms with Crippen molar-refractivity contribution >= 4 is 5.69 Å². The average molecular weight is 282 g/mol. The van der Waals surface area contributed by atoms with Gasteiger partial charge in [-0.15, -0.1) is 0 Å². The second kappa shape index (κ2) is 4.78. The van der Waals surface area contributed by atoms with Crippen LogP contribution in [0.4, 0.5) is 10.1 Å². The smallest absolute Gasteiger partial charge is 0.143 e. The number of halogens is 1. The zero-order valence-corrected chi connectivity index (χ0v) is 11.9. The Bertz CT molecular complexity index is 734. The standard InChI is InChI=1S/C17H15FN2O/c1-17(2)16(11-6-3-4-9-15(11)21-17)20-14-8-5-7-13(18)12(14)10-19/h3-9,16,20H,1-2H3. The summed E-state index contributed by atoms with van der Waals surface area (Å²) in [6.45, 7) is 3.94. The Labute approximate surface area is 123 Å². The van der Waals surface area contributed by atoms with Gasteiger partial charge in [0.2, 0.25) is 0 Å². The largest absolute Gasteiger partial charge is 0.485 e. The van der Waals surface area contributed by atoms with E-state index in [-0.39, 0.29) is 11.6 Å². The fraction of sp³-hybridized carbons (Fsp3) is 0.235. The van der Waals surface area contributed by atoms with E-state index in [1.165, 1.54) is 6.07 Å². The first-order chi connectivity index (χ1) is 10.0. The summed E-state index contributed by atoms with van der Waals surface area (Å²) in [5, 5.41) is 12.4. The molecule has 0 saturated carbocycles. The lowest BCUT2D eigenvalue weighted by Gasteiger charge is -2.28. The quantitative estimate of drug-likeness (QED) is 0.904. The predicted molar refractivity (Wildman–Crippen MR) is 78.6 cm³/mol. The van der Waals surface area contributed by atoms with Gasteiger partial charge in [0.05, 0.1) is 11.7 Å². The fourth-order valence-electron chi connectivity index (χ4n) is 2.69. The SMILES string of the molecule is CC1(C)Oc2ccccc2C1Nc1cccc(F)c1C#N. The lowest BCUT2D eigenvalue weighted by Crippen LogP contribution is -2.35. The Morgan fingerprint density at radius 1 is 1.19 bits per heavy atom. The van der Waals surface area contributed by atoms with Gasteiger partial charge in [0.1, 0.15) is 28.8 Å². The predicted octanol–water partition coefficient (Wildman–Crippen LogP) is 4.02. The molecule has 2 aromatic rings. The van der Waals surface area contributed by atoms with Crippen LogP contribution in [0, 0.1) is 17.1 Å². The monoisotopic (exact) mass is 282 g/mol. The van der Waals surface area contributed by atoms with Gasteiger partial charge in [0.15, 0.2) is 0 Å². The van der Waals surface area contributed by atoms with E-state index in [1.807, 2.05) is 44.2 Å². The second-order valence-corrected chi connectivity index (χ2v) is 5.59. The van der Waals surface area contributed by atoms with Crippen LogP contribution in [-0.4, -0.2) is 5.60 Å². The summed E-state index contributed by atoms with van der Waals surface area (Å²) >= 11 is 0. The molecular weight excluding hydrogens is 267 g/mol. The maximum atomic E-state index is 13.7.